The summed E-state index contributed by atoms with van der Waals surface area (Å²) in [5.41, 5.74) is 1.06. The van der Waals surface area contributed by atoms with Gasteiger partial charge in [0.2, 0.25) is 0 Å². The molecule has 3 aromatic rings. The zero-order valence-electron chi connectivity index (χ0n) is 14.0. The standard InChI is InChI=1S/C22H17F3O/c23-22(24,25)21(18-11-5-2-6-12-18)14-20-17(15-26-21)10-7-13-19(20)16-8-3-1-4-9-16/h1-13H,14-15H2. The molecule has 0 amide bonds. The summed E-state index contributed by atoms with van der Waals surface area (Å²) in [6.07, 6.45) is -4.75. The summed E-state index contributed by atoms with van der Waals surface area (Å²) in [5.74, 6) is 0. The van der Waals surface area contributed by atoms with Gasteiger partial charge in [0, 0.05) is 6.42 Å². The van der Waals surface area contributed by atoms with Gasteiger partial charge in [0.05, 0.1) is 6.61 Å². The number of halogens is 3. The minimum Gasteiger partial charge on any atom is -0.356 e. The summed E-state index contributed by atoms with van der Waals surface area (Å²) >= 11 is 0. The maximum atomic E-state index is 14.2. The highest BCUT2D eigenvalue weighted by Crippen LogP contribution is 2.49. The van der Waals surface area contributed by atoms with Crippen molar-refractivity contribution >= 4 is 0 Å². The molecule has 0 spiro atoms. The molecule has 1 atom stereocenters. The number of rotatable bonds is 2. The molecule has 0 fully saturated rings. The number of fused-ring (bicyclic) bond motifs is 1. The van der Waals surface area contributed by atoms with Crippen molar-refractivity contribution in [2.45, 2.75) is 24.8 Å². The van der Waals surface area contributed by atoms with Gasteiger partial charge in [-0.25, -0.2) is 0 Å². The molecule has 1 aliphatic rings. The van der Waals surface area contributed by atoms with E-state index < -0.39 is 11.8 Å². The number of alkyl halides is 3. The van der Waals surface area contributed by atoms with E-state index in [1.165, 1.54) is 12.1 Å². The van der Waals surface area contributed by atoms with E-state index in [1.54, 1.807) is 18.2 Å². The van der Waals surface area contributed by atoms with Gasteiger partial charge in [0.1, 0.15) is 0 Å². The van der Waals surface area contributed by atoms with Gasteiger partial charge in [-0.3, -0.25) is 0 Å². The first-order valence-corrected chi connectivity index (χ1v) is 8.44. The number of ether oxygens (including phenoxy) is 1. The Hall–Kier alpha value is -2.59. The lowest BCUT2D eigenvalue weighted by Gasteiger charge is -2.40. The quantitative estimate of drug-likeness (QED) is 0.558. The van der Waals surface area contributed by atoms with Crippen LogP contribution in [-0.2, 0) is 23.4 Å². The Labute approximate surface area is 150 Å². The zero-order valence-corrected chi connectivity index (χ0v) is 14.0. The summed E-state index contributed by atoms with van der Waals surface area (Å²) in [7, 11) is 0. The molecule has 1 heterocycles. The van der Waals surface area contributed by atoms with Gasteiger partial charge in [0.25, 0.3) is 0 Å². The average Bonchev–Trinajstić information content (AvgIpc) is 2.67. The molecule has 0 N–H and O–H groups in total. The molecule has 0 bridgehead atoms. The predicted octanol–water partition coefficient (Wildman–Crippen LogP) is 5.88. The fraction of sp³-hybridized carbons (Fsp3) is 0.182. The SMILES string of the molecule is FC(F)(F)C1(c2ccccc2)Cc2c(cccc2-c2ccccc2)CO1. The lowest BCUT2D eigenvalue weighted by molar-refractivity contribution is -0.293. The van der Waals surface area contributed by atoms with E-state index >= 15 is 0 Å². The third-order valence-electron chi connectivity index (χ3n) is 4.96. The van der Waals surface area contributed by atoms with Crippen molar-refractivity contribution in [1.82, 2.24) is 0 Å². The van der Waals surface area contributed by atoms with Crippen molar-refractivity contribution in [3.63, 3.8) is 0 Å². The first-order chi connectivity index (χ1) is 12.5. The van der Waals surface area contributed by atoms with Crippen LogP contribution in [0, 0.1) is 0 Å². The highest BCUT2D eigenvalue weighted by Gasteiger charge is 2.58. The van der Waals surface area contributed by atoms with Crippen LogP contribution >= 0.6 is 0 Å². The Kier molecular flexibility index (Phi) is 4.08. The maximum absolute atomic E-state index is 14.2. The second kappa shape index (κ2) is 6.29. The monoisotopic (exact) mass is 354 g/mol. The second-order valence-electron chi connectivity index (χ2n) is 6.47. The Bertz CT molecular complexity index is 904. The molecule has 0 saturated heterocycles. The van der Waals surface area contributed by atoms with Crippen LogP contribution in [-0.4, -0.2) is 6.18 Å². The van der Waals surface area contributed by atoms with E-state index in [4.69, 9.17) is 4.74 Å². The van der Waals surface area contributed by atoms with E-state index in [0.717, 1.165) is 16.7 Å². The second-order valence-corrected chi connectivity index (χ2v) is 6.47. The Morgan fingerprint density at radius 2 is 1.42 bits per heavy atom. The van der Waals surface area contributed by atoms with E-state index in [9.17, 15) is 13.2 Å². The van der Waals surface area contributed by atoms with Gasteiger partial charge < -0.3 is 4.74 Å². The summed E-state index contributed by atoms with van der Waals surface area (Å²) in [6.45, 7) is -0.0651. The lowest BCUT2D eigenvalue weighted by Crippen LogP contribution is -2.48. The van der Waals surface area contributed by atoms with Gasteiger partial charge in [-0.1, -0.05) is 78.9 Å². The molecular weight excluding hydrogens is 337 g/mol. The van der Waals surface area contributed by atoms with E-state index in [0.29, 0.717) is 5.56 Å². The predicted molar refractivity (Wildman–Crippen MR) is 94.5 cm³/mol. The van der Waals surface area contributed by atoms with Crippen molar-refractivity contribution in [1.29, 1.82) is 0 Å². The summed E-state index contributed by atoms with van der Waals surface area (Å²) in [4.78, 5) is 0. The fourth-order valence-corrected chi connectivity index (χ4v) is 3.61. The topological polar surface area (TPSA) is 9.23 Å². The van der Waals surface area contributed by atoms with Crippen LogP contribution in [0.4, 0.5) is 13.2 Å². The first-order valence-electron chi connectivity index (χ1n) is 8.44. The van der Waals surface area contributed by atoms with Gasteiger partial charge >= 0.3 is 6.18 Å². The van der Waals surface area contributed by atoms with Crippen molar-refractivity contribution in [3.05, 3.63) is 95.6 Å². The largest absolute Gasteiger partial charge is 0.422 e. The number of hydrogen-bond acceptors (Lipinski definition) is 1. The maximum Gasteiger partial charge on any atom is 0.422 e. The summed E-state index contributed by atoms with van der Waals surface area (Å²) in [5, 5.41) is 0. The minimum atomic E-state index is -4.52. The molecule has 0 radical (unpaired) electrons. The normalized spacial score (nSPS) is 19.8. The molecule has 4 rings (SSSR count). The Balaban J connectivity index is 1.88. The Morgan fingerprint density at radius 3 is 2.08 bits per heavy atom. The molecule has 1 nitrogen and oxygen atoms in total. The molecule has 132 valence electrons. The number of benzene rings is 3. The van der Waals surface area contributed by atoms with Crippen LogP contribution in [0.5, 0.6) is 0 Å². The minimum absolute atomic E-state index is 0.0651. The van der Waals surface area contributed by atoms with E-state index in [-0.39, 0.29) is 18.6 Å². The third-order valence-corrected chi connectivity index (χ3v) is 4.96. The number of hydrogen-bond donors (Lipinski definition) is 0. The third kappa shape index (κ3) is 2.71. The van der Waals surface area contributed by atoms with Crippen LogP contribution in [0.3, 0.4) is 0 Å². The van der Waals surface area contributed by atoms with Gasteiger partial charge in [-0.2, -0.15) is 13.2 Å². The Morgan fingerprint density at radius 1 is 0.769 bits per heavy atom. The zero-order chi connectivity index (χ0) is 18.2. The fourth-order valence-electron chi connectivity index (χ4n) is 3.61. The lowest BCUT2D eigenvalue weighted by atomic mass is 9.80. The van der Waals surface area contributed by atoms with Crippen LogP contribution < -0.4 is 0 Å². The van der Waals surface area contributed by atoms with Crippen molar-refractivity contribution in [2.75, 3.05) is 0 Å². The van der Waals surface area contributed by atoms with Gasteiger partial charge in [0.15, 0.2) is 5.60 Å². The molecule has 4 heteroatoms. The van der Waals surface area contributed by atoms with Crippen LogP contribution in [0.25, 0.3) is 11.1 Å². The van der Waals surface area contributed by atoms with E-state index in [1.807, 2.05) is 48.5 Å². The first kappa shape index (κ1) is 16.9. The average molecular weight is 354 g/mol. The van der Waals surface area contributed by atoms with Gasteiger partial charge in [-0.15, -0.1) is 0 Å². The molecule has 0 saturated carbocycles. The molecular formula is C22H17F3O. The van der Waals surface area contributed by atoms with Crippen LogP contribution in [0.1, 0.15) is 16.7 Å². The van der Waals surface area contributed by atoms with Crippen LogP contribution in [0.2, 0.25) is 0 Å². The smallest absolute Gasteiger partial charge is 0.356 e. The molecule has 26 heavy (non-hydrogen) atoms. The molecule has 0 aliphatic carbocycles. The summed E-state index contributed by atoms with van der Waals surface area (Å²) < 4.78 is 48.1. The highest BCUT2D eigenvalue weighted by molar-refractivity contribution is 5.69. The van der Waals surface area contributed by atoms with Crippen molar-refractivity contribution in [3.8, 4) is 11.1 Å². The van der Waals surface area contributed by atoms with Crippen molar-refractivity contribution in [2.24, 2.45) is 0 Å². The molecule has 1 unspecified atom stereocenters. The van der Waals surface area contributed by atoms with Crippen molar-refractivity contribution < 1.29 is 17.9 Å². The molecule has 0 aromatic heterocycles. The highest BCUT2D eigenvalue weighted by atomic mass is 19.4. The van der Waals surface area contributed by atoms with Crippen LogP contribution in [0.15, 0.2) is 78.9 Å². The summed E-state index contributed by atoms with van der Waals surface area (Å²) in [6, 6.07) is 23.0. The van der Waals surface area contributed by atoms with Gasteiger partial charge in [-0.05, 0) is 27.8 Å². The molecule has 1 aliphatic heterocycles. The molecule has 3 aromatic carbocycles. The van der Waals surface area contributed by atoms with E-state index in [2.05, 4.69) is 0 Å².